The van der Waals surface area contributed by atoms with Crippen LogP contribution >= 0.6 is 12.6 Å². The number of hydrogen-bond acceptors (Lipinski definition) is 1. The second kappa shape index (κ2) is 5.85. The van der Waals surface area contributed by atoms with Crippen molar-refractivity contribution in [1.82, 2.24) is 0 Å². The van der Waals surface area contributed by atoms with Crippen molar-refractivity contribution in [2.24, 2.45) is 0 Å². The molecule has 0 aliphatic rings. The van der Waals surface area contributed by atoms with Gasteiger partial charge in [-0.1, -0.05) is 18.2 Å². The lowest BCUT2D eigenvalue weighted by atomic mass is 10.1. The third-order valence-electron chi connectivity index (χ3n) is 1.44. The van der Waals surface area contributed by atoms with Gasteiger partial charge in [-0.25, -0.2) is 0 Å². The summed E-state index contributed by atoms with van der Waals surface area (Å²) in [7, 11) is 0. The predicted molar refractivity (Wildman–Crippen MR) is 45.2 cm³/mol. The molecule has 0 aliphatic carbocycles. The van der Waals surface area contributed by atoms with E-state index < -0.39 is 0 Å². The third kappa shape index (κ3) is 3.44. The molecule has 0 saturated heterocycles. The lowest BCUT2D eigenvalue weighted by molar-refractivity contribution is -0.366. The number of hydrogen-bond donors (Lipinski definition) is 2. The van der Waals surface area contributed by atoms with Crippen LogP contribution < -0.4 is 29.7 Å². The van der Waals surface area contributed by atoms with E-state index in [2.05, 4.69) is 24.4 Å². The van der Waals surface area contributed by atoms with Gasteiger partial charge in [0.15, 0.2) is 0 Å². The van der Waals surface area contributed by atoms with Crippen LogP contribution in [-0.2, 0) is 6.42 Å². The van der Waals surface area contributed by atoms with Crippen LogP contribution in [0.5, 0.6) is 0 Å². The van der Waals surface area contributed by atoms with Crippen LogP contribution in [0.1, 0.15) is 5.56 Å². The van der Waals surface area contributed by atoms with E-state index in [-0.39, 0.29) is 24.0 Å². The normalized spacial score (nSPS) is 8.91. The highest BCUT2D eigenvalue weighted by Crippen LogP contribution is 2.12. The van der Waals surface area contributed by atoms with Crippen molar-refractivity contribution in [1.29, 1.82) is 0 Å². The van der Waals surface area contributed by atoms with Crippen molar-refractivity contribution >= 4 is 12.6 Å². The van der Waals surface area contributed by atoms with E-state index in [1.54, 1.807) is 0 Å². The topological polar surface area (TPSA) is 27.6 Å². The largest absolute Gasteiger partial charge is 1.00 e. The molecule has 0 radical (unpaired) electrons. The molecule has 3 heteroatoms. The Labute approximate surface area is 89.8 Å². The molecule has 1 rings (SSSR count). The Hall–Kier alpha value is 0.260. The van der Waals surface area contributed by atoms with Crippen LogP contribution in [0.4, 0.5) is 0 Å². The highest BCUT2D eigenvalue weighted by Gasteiger charge is 1.94. The molecule has 62 valence electrons. The summed E-state index contributed by atoms with van der Waals surface area (Å²) >= 11 is 4.30. The summed E-state index contributed by atoms with van der Waals surface area (Å²) in [5, 5.41) is 0. The van der Waals surface area contributed by atoms with Gasteiger partial charge in [-0.15, -0.1) is 12.6 Å². The monoisotopic (exact) mass is 281 g/mol. The van der Waals surface area contributed by atoms with Gasteiger partial charge in [0.25, 0.3) is 0 Å². The van der Waals surface area contributed by atoms with Crippen molar-refractivity contribution in [2.45, 2.75) is 11.3 Å². The minimum atomic E-state index is 0. The highest BCUT2D eigenvalue weighted by atomic mass is 127. The zero-order valence-electron chi connectivity index (χ0n) is 6.26. The molecule has 0 heterocycles. The zero-order chi connectivity index (χ0) is 7.40. The fraction of sp³-hybridized carbons (Fsp3) is 0.250. The second-order valence-electron chi connectivity index (χ2n) is 2.23. The maximum atomic E-state index is 4.30. The molecule has 0 fully saturated rings. The van der Waals surface area contributed by atoms with Crippen LogP contribution in [0.25, 0.3) is 0 Å². The van der Waals surface area contributed by atoms with Gasteiger partial charge in [0.05, 0.1) is 6.54 Å². The molecule has 0 amide bonds. The fourth-order valence-electron chi connectivity index (χ4n) is 0.913. The molecule has 11 heavy (non-hydrogen) atoms. The minimum Gasteiger partial charge on any atom is -1.00 e. The Morgan fingerprint density at radius 1 is 1.27 bits per heavy atom. The van der Waals surface area contributed by atoms with Crippen molar-refractivity contribution in [3.8, 4) is 0 Å². The Balaban J connectivity index is 0.000001000. The van der Waals surface area contributed by atoms with Gasteiger partial charge in [-0.05, 0) is 11.6 Å². The Bertz CT molecular complexity index is 215. The van der Waals surface area contributed by atoms with E-state index in [0.29, 0.717) is 0 Å². The molecule has 0 unspecified atom stereocenters. The van der Waals surface area contributed by atoms with Gasteiger partial charge >= 0.3 is 0 Å². The average Bonchev–Trinajstić information content (AvgIpc) is 1.94. The first-order valence-corrected chi connectivity index (χ1v) is 3.85. The van der Waals surface area contributed by atoms with Crippen molar-refractivity contribution in [2.75, 3.05) is 6.54 Å². The number of rotatable bonds is 2. The summed E-state index contributed by atoms with van der Waals surface area (Å²) in [6.07, 6.45) is 1.03. The summed E-state index contributed by atoms with van der Waals surface area (Å²) in [5.74, 6) is 0. The molecule has 0 bridgehead atoms. The molecule has 1 nitrogen and oxygen atoms in total. The molecule has 1 aromatic carbocycles. The van der Waals surface area contributed by atoms with Crippen LogP contribution in [0.3, 0.4) is 0 Å². The summed E-state index contributed by atoms with van der Waals surface area (Å²) in [5.41, 5.74) is 5.08. The van der Waals surface area contributed by atoms with Crippen molar-refractivity contribution in [3.63, 3.8) is 0 Å². The smallest absolute Gasteiger partial charge is 0.0781 e. The summed E-state index contributed by atoms with van der Waals surface area (Å²) in [4.78, 5) is 1.08. The van der Waals surface area contributed by atoms with Crippen molar-refractivity contribution < 1.29 is 29.7 Å². The van der Waals surface area contributed by atoms with E-state index in [9.17, 15) is 0 Å². The molecular formula is C8H12INS. The predicted octanol–water partition coefficient (Wildman–Crippen LogP) is -2.24. The molecule has 0 saturated carbocycles. The fourth-order valence-corrected chi connectivity index (χ4v) is 1.19. The van der Waals surface area contributed by atoms with Crippen LogP contribution in [-0.4, -0.2) is 6.54 Å². The van der Waals surface area contributed by atoms with Gasteiger partial charge in [0.2, 0.25) is 0 Å². The quantitative estimate of drug-likeness (QED) is 0.453. The van der Waals surface area contributed by atoms with Crippen molar-refractivity contribution in [3.05, 3.63) is 29.8 Å². The number of thiol groups is 1. The summed E-state index contributed by atoms with van der Waals surface area (Å²) in [6, 6.07) is 8.13. The van der Waals surface area contributed by atoms with Gasteiger partial charge < -0.3 is 29.7 Å². The molecule has 0 spiro atoms. The first-order valence-electron chi connectivity index (χ1n) is 3.40. The molecule has 0 aromatic heterocycles. The van der Waals surface area contributed by atoms with Gasteiger partial charge in [0, 0.05) is 11.3 Å². The lowest BCUT2D eigenvalue weighted by Crippen LogP contribution is -3.00. The number of benzene rings is 1. The summed E-state index contributed by atoms with van der Waals surface area (Å²) < 4.78 is 0. The second-order valence-corrected chi connectivity index (χ2v) is 2.71. The van der Waals surface area contributed by atoms with Gasteiger partial charge in [0.1, 0.15) is 0 Å². The van der Waals surface area contributed by atoms with Crippen LogP contribution in [0, 0.1) is 0 Å². The number of halogens is 1. The van der Waals surface area contributed by atoms with Gasteiger partial charge in [-0.3, -0.25) is 0 Å². The molecular weight excluding hydrogens is 269 g/mol. The minimum absolute atomic E-state index is 0. The Kier molecular flexibility index (Phi) is 5.99. The molecule has 3 N–H and O–H groups in total. The van der Waals surface area contributed by atoms with E-state index in [4.69, 9.17) is 0 Å². The molecule has 1 aromatic rings. The first-order chi connectivity index (χ1) is 4.84. The van der Waals surface area contributed by atoms with Crippen LogP contribution in [0.15, 0.2) is 29.2 Å². The average molecular weight is 281 g/mol. The SMILES string of the molecule is [I-].[NH3+]CCc1ccccc1S. The lowest BCUT2D eigenvalue weighted by Gasteiger charge is -1.99. The van der Waals surface area contributed by atoms with Gasteiger partial charge in [-0.2, -0.15) is 0 Å². The van der Waals surface area contributed by atoms with E-state index in [1.807, 2.05) is 18.2 Å². The Morgan fingerprint density at radius 2 is 1.91 bits per heavy atom. The third-order valence-corrected chi connectivity index (χ3v) is 1.87. The van der Waals surface area contributed by atoms with E-state index in [0.717, 1.165) is 17.9 Å². The maximum absolute atomic E-state index is 4.30. The number of quaternary nitrogens is 1. The van der Waals surface area contributed by atoms with Crippen LogP contribution in [0.2, 0.25) is 0 Å². The maximum Gasteiger partial charge on any atom is 0.0781 e. The first kappa shape index (κ1) is 11.3. The molecule has 0 aliphatic heterocycles. The van der Waals surface area contributed by atoms with E-state index >= 15 is 0 Å². The zero-order valence-corrected chi connectivity index (χ0v) is 9.31. The summed E-state index contributed by atoms with van der Waals surface area (Å²) in [6.45, 7) is 0.942. The highest BCUT2D eigenvalue weighted by molar-refractivity contribution is 7.80. The molecule has 0 atom stereocenters. The Morgan fingerprint density at radius 3 is 2.45 bits per heavy atom. The van der Waals surface area contributed by atoms with E-state index in [1.165, 1.54) is 5.56 Å². The standard InChI is InChI=1S/C8H11NS.HI/c9-6-5-7-3-1-2-4-8(7)10;/h1-4,10H,5-6,9H2;1H.